The Bertz CT molecular complexity index is 1240. The fourth-order valence-corrected chi connectivity index (χ4v) is 3.95. The number of aromatic amines is 2. The van der Waals surface area contributed by atoms with E-state index < -0.39 is 23.3 Å². The number of nitrogens with one attached hydrogen (secondary N) is 2. The minimum Gasteiger partial charge on any atom is -0.457 e. The van der Waals surface area contributed by atoms with Gasteiger partial charge in [0.25, 0.3) is 5.56 Å². The Balaban J connectivity index is 1.66. The molecule has 3 aromatic heterocycles. The average Bonchev–Trinajstić information content (AvgIpc) is 3.37. The molecular formula is C20H17N3O4S. The fraction of sp³-hybridized carbons (Fsp3) is 0.150. The third kappa shape index (κ3) is 3.29. The summed E-state index contributed by atoms with van der Waals surface area (Å²) in [6, 6.07) is 13.9. The predicted molar refractivity (Wildman–Crippen MR) is 107 cm³/mol. The van der Waals surface area contributed by atoms with E-state index in [1.807, 2.05) is 30.3 Å². The SMILES string of the molecule is CC(c1ccc[nH]1)n1c(=O)[nH]c2sc(C(=O)OCc3ccccc3)cc2c1=O. The number of fused-ring (bicyclic) bond motifs is 1. The number of carbonyl (C=O) groups excluding carboxylic acids is 1. The Morgan fingerprint density at radius 1 is 1.18 bits per heavy atom. The van der Waals surface area contributed by atoms with E-state index in [2.05, 4.69) is 9.97 Å². The molecule has 0 spiro atoms. The van der Waals surface area contributed by atoms with Crippen LogP contribution in [0.2, 0.25) is 0 Å². The van der Waals surface area contributed by atoms with Crippen molar-refractivity contribution in [3.05, 3.63) is 91.7 Å². The molecule has 3 heterocycles. The molecule has 7 nitrogen and oxygen atoms in total. The van der Waals surface area contributed by atoms with E-state index in [0.717, 1.165) is 27.2 Å². The van der Waals surface area contributed by atoms with Crippen LogP contribution in [0.1, 0.15) is 33.9 Å². The first-order valence-electron chi connectivity index (χ1n) is 8.67. The van der Waals surface area contributed by atoms with Crippen LogP contribution in [0.3, 0.4) is 0 Å². The van der Waals surface area contributed by atoms with Gasteiger partial charge in [0, 0.05) is 11.9 Å². The van der Waals surface area contributed by atoms with Crippen molar-refractivity contribution in [3.8, 4) is 0 Å². The van der Waals surface area contributed by atoms with Gasteiger partial charge in [-0.2, -0.15) is 0 Å². The van der Waals surface area contributed by atoms with E-state index in [1.165, 1.54) is 6.07 Å². The Morgan fingerprint density at radius 3 is 2.68 bits per heavy atom. The topological polar surface area (TPSA) is 97.0 Å². The van der Waals surface area contributed by atoms with Gasteiger partial charge in [0.1, 0.15) is 16.3 Å². The fourth-order valence-electron chi connectivity index (χ4n) is 3.01. The van der Waals surface area contributed by atoms with Crippen LogP contribution >= 0.6 is 11.3 Å². The van der Waals surface area contributed by atoms with Gasteiger partial charge in [0.2, 0.25) is 0 Å². The van der Waals surface area contributed by atoms with Crippen LogP contribution in [0.5, 0.6) is 0 Å². The molecule has 0 fully saturated rings. The zero-order chi connectivity index (χ0) is 19.7. The number of carbonyl (C=O) groups is 1. The van der Waals surface area contributed by atoms with Crippen LogP contribution in [-0.2, 0) is 11.3 Å². The number of hydrogen-bond acceptors (Lipinski definition) is 5. The summed E-state index contributed by atoms with van der Waals surface area (Å²) in [4.78, 5) is 44.1. The normalized spacial score (nSPS) is 12.2. The lowest BCUT2D eigenvalue weighted by Crippen LogP contribution is -2.37. The van der Waals surface area contributed by atoms with Gasteiger partial charge in [0.05, 0.1) is 11.4 Å². The lowest BCUT2D eigenvalue weighted by atomic mass is 10.2. The summed E-state index contributed by atoms with van der Waals surface area (Å²) in [5.74, 6) is -0.533. The minimum atomic E-state index is -0.533. The molecule has 142 valence electrons. The summed E-state index contributed by atoms with van der Waals surface area (Å²) in [6.45, 7) is 1.90. The van der Waals surface area contributed by atoms with Gasteiger partial charge >= 0.3 is 11.7 Å². The summed E-state index contributed by atoms with van der Waals surface area (Å²) in [5.41, 5.74) is 0.641. The summed E-state index contributed by atoms with van der Waals surface area (Å²) in [7, 11) is 0. The number of benzene rings is 1. The number of rotatable bonds is 5. The van der Waals surface area contributed by atoms with Gasteiger partial charge in [-0.1, -0.05) is 30.3 Å². The van der Waals surface area contributed by atoms with Gasteiger partial charge in [-0.15, -0.1) is 11.3 Å². The molecule has 0 saturated carbocycles. The van der Waals surface area contributed by atoms with E-state index in [9.17, 15) is 14.4 Å². The number of nitrogens with zero attached hydrogens (tertiary/aromatic N) is 1. The van der Waals surface area contributed by atoms with E-state index in [-0.39, 0.29) is 16.9 Å². The van der Waals surface area contributed by atoms with Crippen LogP contribution in [0.15, 0.2) is 64.3 Å². The molecular weight excluding hydrogens is 378 g/mol. The predicted octanol–water partition coefficient (Wildman–Crippen LogP) is 3.05. The molecule has 4 aromatic rings. The highest BCUT2D eigenvalue weighted by molar-refractivity contribution is 7.20. The molecule has 0 radical (unpaired) electrons. The summed E-state index contributed by atoms with van der Waals surface area (Å²) >= 11 is 1.04. The number of aromatic nitrogens is 3. The van der Waals surface area contributed by atoms with Crippen molar-refractivity contribution in [3.63, 3.8) is 0 Å². The largest absolute Gasteiger partial charge is 0.457 e. The zero-order valence-electron chi connectivity index (χ0n) is 15.0. The Hall–Kier alpha value is -3.39. The standard InChI is InChI=1S/C20H17N3O4S/c1-12(15-8-5-9-21-15)23-18(24)14-10-16(28-17(14)22-20(23)26)19(25)27-11-13-6-3-2-4-7-13/h2-10,12,21H,11H2,1H3,(H,22,26). The molecule has 1 atom stereocenters. The molecule has 0 aliphatic heterocycles. The van der Waals surface area contributed by atoms with Crippen molar-refractivity contribution in [2.75, 3.05) is 0 Å². The smallest absolute Gasteiger partial charge is 0.348 e. The number of ether oxygens (including phenoxy) is 1. The Labute approximate surface area is 163 Å². The first-order valence-corrected chi connectivity index (χ1v) is 9.49. The molecule has 0 saturated heterocycles. The van der Waals surface area contributed by atoms with Crippen molar-refractivity contribution >= 4 is 27.5 Å². The molecule has 1 unspecified atom stereocenters. The van der Waals surface area contributed by atoms with Gasteiger partial charge < -0.3 is 9.72 Å². The molecule has 0 bridgehead atoms. The van der Waals surface area contributed by atoms with Crippen LogP contribution in [0, 0.1) is 0 Å². The summed E-state index contributed by atoms with van der Waals surface area (Å²) < 4.78 is 6.45. The molecule has 0 aliphatic carbocycles. The second-order valence-corrected chi connectivity index (χ2v) is 7.37. The number of hydrogen-bond donors (Lipinski definition) is 2. The highest BCUT2D eigenvalue weighted by Gasteiger charge is 2.20. The van der Waals surface area contributed by atoms with Gasteiger partial charge in [-0.05, 0) is 30.7 Å². The molecule has 28 heavy (non-hydrogen) atoms. The van der Waals surface area contributed by atoms with E-state index in [4.69, 9.17) is 4.74 Å². The van der Waals surface area contributed by atoms with Gasteiger partial charge in [0.15, 0.2) is 0 Å². The first-order chi connectivity index (χ1) is 13.5. The van der Waals surface area contributed by atoms with Gasteiger partial charge in [-0.25, -0.2) is 9.59 Å². The molecule has 1 aromatic carbocycles. The molecule has 0 aliphatic rings. The van der Waals surface area contributed by atoms with Crippen LogP contribution in [0.4, 0.5) is 0 Å². The second-order valence-electron chi connectivity index (χ2n) is 6.32. The maximum absolute atomic E-state index is 12.9. The lowest BCUT2D eigenvalue weighted by Gasteiger charge is -2.12. The van der Waals surface area contributed by atoms with Gasteiger partial charge in [-0.3, -0.25) is 14.3 Å². The first kappa shape index (κ1) is 18.0. The number of thiophene rings is 1. The van der Waals surface area contributed by atoms with Crippen molar-refractivity contribution in [2.24, 2.45) is 0 Å². The second kappa shape index (κ2) is 7.32. The Morgan fingerprint density at radius 2 is 1.96 bits per heavy atom. The third-order valence-electron chi connectivity index (χ3n) is 4.49. The van der Waals surface area contributed by atoms with Crippen LogP contribution in [-0.4, -0.2) is 20.5 Å². The number of esters is 1. The van der Waals surface area contributed by atoms with E-state index in [1.54, 1.807) is 25.3 Å². The van der Waals surface area contributed by atoms with Crippen LogP contribution in [0.25, 0.3) is 10.2 Å². The average molecular weight is 395 g/mol. The molecule has 8 heteroatoms. The number of H-pyrrole nitrogens is 2. The highest BCUT2D eigenvalue weighted by atomic mass is 32.1. The minimum absolute atomic E-state index is 0.137. The van der Waals surface area contributed by atoms with Crippen LogP contribution < -0.4 is 11.2 Å². The van der Waals surface area contributed by atoms with E-state index in [0.29, 0.717) is 4.83 Å². The van der Waals surface area contributed by atoms with E-state index >= 15 is 0 Å². The van der Waals surface area contributed by atoms with Crippen molar-refractivity contribution in [1.82, 2.24) is 14.5 Å². The molecule has 4 rings (SSSR count). The Kier molecular flexibility index (Phi) is 4.70. The summed E-state index contributed by atoms with van der Waals surface area (Å²) in [5, 5.41) is 0.287. The molecule has 2 N–H and O–H groups in total. The lowest BCUT2D eigenvalue weighted by molar-refractivity contribution is 0.0478. The quantitative estimate of drug-likeness (QED) is 0.508. The molecule has 0 amide bonds. The maximum atomic E-state index is 12.9. The summed E-state index contributed by atoms with van der Waals surface area (Å²) in [6.07, 6.45) is 1.73. The maximum Gasteiger partial charge on any atom is 0.348 e. The highest BCUT2D eigenvalue weighted by Crippen LogP contribution is 2.22. The zero-order valence-corrected chi connectivity index (χ0v) is 15.8. The van der Waals surface area contributed by atoms with Crippen molar-refractivity contribution in [2.45, 2.75) is 19.6 Å². The van der Waals surface area contributed by atoms with Crippen molar-refractivity contribution < 1.29 is 9.53 Å². The third-order valence-corrected chi connectivity index (χ3v) is 5.52. The monoisotopic (exact) mass is 395 g/mol. The van der Waals surface area contributed by atoms with Crippen molar-refractivity contribution in [1.29, 1.82) is 0 Å².